The highest BCUT2D eigenvalue weighted by Gasteiger charge is 2.66. The fourth-order valence-corrected chi connectivity index (χ4v) is 8.27. The minimum Gasteiger partial charge on any atom is -0.468 e. The van der Waals surface area contributed by atoms with E-state index in [0.29, 0.717) is 22.8 Å². The predicted molar refractivity (Wildman–Crippen MR) is 117 cm³/mol. The van der Waals surface area contributed by atoms with E-state index >= 15 is 0 Å². The fraction of sp³-hybridized carbons (Fsp3) is 0.769. The standard InChI is InChI=1S/C26H38O4/c1-6-17(2)22(27)30-16-26(23(28)29-5)12-7-11-24(4)20-9-8-19-15-25(20,14-18(19)3)13-10-21(24)26/h6,19-21H,3,7-16H2,1-2,4-5H3/b17-6-/t19-,20+,21+,24+,25-,26-/m1/s1. The van der Waals surface area contributed by atoms with Gasteiger partial charge in [0.15, 0.2) is 0 Å². The zero-order chi connectivity index (χ0) is 21.7. The van der Waals surface area contributed by atoms with Crippen LogP contribution in [-0.2, 0) is 19.1 Å². The van der Waals surface area contributed by atoms with Crippen LogP contribution >= 0.6 is 0 Å². The number of hydrogen-bond donors (Lipinski definition) is 0. The summed E-state index contributed by atoms with van der Waals surface area (Å²) in [4.78, 5) is 25.7. The molecule has 4 fully saturated rings. The summed E-state index contributed by atoms with van der Waals surface area (Å²) in [7, 11) is 1.48. The maximum Gasteiger partial charge on any atom is 0.333 e. The van der Waals surface area contributed by atoms with Crippen LogP contribution in [0, 0.1) is 34.0 Å². The Hall–Kier alpha value is -1.58. The Balaban J connectivity index is 1.67. The van der Waals surface area contributed by atoms with Crippen molar-refractivity contribution in [2.45, 2.75) is 78.6 Å². The highest BCUT2D eigenvalue weighted by Crippen LogP contribution is 2.72. The van der Waals surface area contributed by atoms with Gasteiger partial charge in [-0.25, -0.2) is 4.79 Å². The average Bonchev–Trinajstić information content (AvgIpc) is 2.97. The van der Waals surface area contributed by atoms with Gasteiger partial charge in [0.1, 0.15) is 12.0 Å². The van der Waals surface area contributed by atoms with E-state index in [-0.39, 0.29) is 29.9 Å². The Morgan fingerprint density at radius 3 is 2.63 bits per heavy atom. The second-order valence-electron chi connectivity index (χ2n) is 10.9. The minimum atomic E-state index is -0.723. The lowest BCUT2D eigenvalue weighted by atomic mass is 9.40. The highest BCUT2D eigenvalue weighted by molar-refractivity contribution is 5.88. The van der Waals surface area contributed by atoms with Gasteiger partial charge in [0.25, 0.3) is 0 Å². The number of carbonyl (C=O) groups is 2. The lowest BCUT2D eigenvalue weighted by Gasteiger charge is -2.63. The first-order valence-corrected chi connectivity index (χ1v) is 11.8. The van der Waals surface area contributed by atoms with E-state index in [9.17, 15) is 9.59 Å². The van der Waals surface area contributed by atoms with E-state index in [0.717, 1.165) is 32.1 Å². The molecule has 0 N–H and O–H groups in total. The molecule has 0 radical (unpaired) electrons. The molecule has 0 aliphatic heterocycles. The molecule has 4 aliphatic rings. The van der Waals surface area contributed by atoms with Crippen LogP contribution in [-0.4, -0.2) is 25.7 Å². The van der Waals surface area contributed by atoms with Crippen molar-refractivity contribution in [3.63, 3.8) is 0 Å². The van der Waals surface area contributed by atoms with Crippen LogP contribution < -0.4 is 0 Å². The molecule has 166 valence electrons. The first-order chi connectivity index (χ1) is 14.2. The molecule has 2 bridgehead atoms. The smallest absolute Gasteiger partial charge is 0.333 e. The molecule has 4 nitrogen and oxygen atoms in total. The topological polar surface area (TPSA) is 52.6 Å². The van der Waals surface area contributed by atoms with Gasteiger partial charge >= 0.3 is 11.9 Å². The van der Waals surface area contributed by atoms with Gasteiger partial charge in [-0.2, -0.15) is 0 Å². The summed E-state index contributed by atoms with van der Waals surface area (Å²) in [5.74, 6) is 1.01. The number of esters is 2. The summed E-state index contributed by atoms with van der Waals surface area (Å²) < 4.78 is 11.1. The summed E-state index contributed by atoms with van der Waals surface area (Å²) in [6.45, 7) is 10.6. The molecular formula is C26H38O4. The van der Waals surface area contributed by atoms with Crippen LogP contribution in [0.25, 0.3) is 0 Å². The molecule has 30 heavy (non-hydrogen) atoms. The molecule has 0 saturated heterocycles. The van der Waals surface area contributed by atoms with E-state index in [1.807, 2.05) is 6.92 Å². The average molecular weight is 415 g/mol. The molecule has 0 amide bonds. The summed E-state index contributed by atoms with van der Waals surface area (Å²) >= 11 is 0. The van der Waals surface area contributed by atoms with Crippen LogP contribution in [0.3, 0.4) is 0 Å². The molecule has 4 saturated carbocycles. The normalized spacial score (nSPS) is 42.9. The molecule has 4 rings (SSSR count). The van der Waals surface area contributed by atoms with Crippen molar-refractivity contribution in [1.82, 2.24) is 0 Å². The van der Waals surface area contributed by atoms with Crippen molar-refractivity contribution in [3.8, 4) is 0 Å². The van der Waals surface area contributed by atoms with Crippen LogP contribution in [0.1, 0.15) is 78.6 Å². The summed E-state index contributed by atoms with van der Waals surface area (Å²) in [6, 6.07) is 0. The molecule has 0 aromatic heterocycles. The Kier molecular flexibility index (Phi) is 5.43. The Morgan fingerprint density at radius 1 is 1.17 bits per heavy atom. The third-order valence-electron chi connectivity index (χ3n) is 9.69. The number of carbonyl (C=O) groups excluding carboxylic acids is 2. The zero-order valence-corrected chi connectivity index (χ0v) is 19.2. The van der Waals surface area contributed by atoms with Gasteiger partial charge in [-0.15, -0.1) is 0 Å². The minimum absolute atomic E-state index is 0.0856. The molecule has 4 heteroatoms. The maximum absolute atomic E-state index is 13.3. The number of hydrogen-bond acceptors (Lipinski definition) is 4. The third kappa shape index (κ3) is 3.00. The number of fused-ring (bicyclic) bond motifs is 3. The molecule has 0 unspecified atom stereocenters. The van der Waals surface area contributed by atoms with Crippen molar-refractivity contribution in [2.24, 2.45) is 34.0 Å². The van der Waals surface area contributed by atoms with Crippen molar-refractivity contribution < 1.29 is 19.1 Å². The molecule has 1 spiro atoms. The predicted octanol–water partition coefficient (Wildman–Crippen LogP) is 5.62. The maximum atomic E-state index is 13.3. The highest BCUT2D eigenvalue weighted by atomic mass is 16.5. The van der Waals surface area contributed by atoms with Gasteiger partial charge in [-0.1, -0.05) is 31.6 Å². The fourth-order valence-electron chi connectivity index (χ4n) is 8.27. The number of ether oxygens (including phenoxy) is 2. The van der Waals surface area contributed by atoms with Crippen molar-refractivity contribution in [1.29, 1.82) is 0 Å². The quantitative estimate of drug-likeness (QED) is 0.340. The van der Waals surface area contributed by atoms with Gasteiger partial charge in [-0.05, 0) is 93.8 Å². The SMILES string of the molecule is C=C1C[C@@]23CC[C@@H]4[C@@](COC(=O)/C(C)=C\C)(C(=O)OC)CCC[C@@]4(C)[C@@H]2CC[C@@H]1C3. The molecule has 0 aromatic carbocycles. The lowest BCUT2D eigenvalue weighted by molar-refractivity contribution is -0.197. The number of methoxy groups -OCH3 is 1. The summed E-state index contributed by atoms with van der Waals surface area (Å²) in [6.07, 6.45) is 11.8. The Labute approximate surface area is 181 Å². The summed E-state index contributed by atoms with van der Waals surface area (Å²) in [5.41, 5.74) is 1.79. The summed E-state index contributed by atoms with van der Waals surface area (Å²) in [5, 5.41) is 0. The molecule has 0 aromatic rings. The van der Waals surface area contributed by atoms with Crippen LogP contribution in [0.15, 0.2) is 23.8 Å². The van der Waals surface area contributed by atoms with E-state index in [1.165, 1.54) is 38.4 Å². The van der Waals surface area contributed by atoms with Crippen LogP contribution in [0.2, 0.25) is 0 Å². The van der Waals surface area contributed by atoms with Crippen LogP contribution in [0.5, 0.6) is 0 Å². The third-order valence-corrected chi connectivity index (χ3v) is 9.69. The van der Waals surface area contributed by atoms with Gasteiger partial charge in [0.2, 0.25) is 0 Å². The molecule has 6 atom stereocenters. The first kappa shape index (κ1) is 21.6. The van der Waals surface area contributed by atoms with Crippen molar-refractivity contribution in [3.05, 3.63) is 23.8 Å². The molecule has 4 aliphatic carbocycles. The van der Waals surface area contributed by atoms with Crippen molar-refractivity contribution >= 4 is 11.9 Å². The largest absolute Gasteiger partial charge is 0.468 e. The second kappa shape index (κ2) is 7.53. The van der Waals surface area contributed by atoms with E-state index in [1.54, 1.807) is 13.0 Å². The zero-order valence-electron chi connectivity index (χ0n) is 19.2. The van der Waals surface area contributed by atoms with E-state index in [2.05, 4.69) is 13.5 Å². The van der Waals surface area contributed by atoms with Crippen LogP contribution in [0.4, 0.5) is 0 Å². The van der Waals surface area contributed by atoms with Gasteiger partial charge in [-0.3, -0.25) is 4.79 Å². The Bertz CT molecular complexity index is 782. The van der Waals surface area contributed by atoms with Gasteiger partial charge in [0.05, 0.1) is 7.11 Å². The monoisotopic (exact) mass is 414 g/mol. The van der Waals surface area contributed by atoms with E-state index < -0.39 is 5.41 Å². The second-order valence-corrected chi connectivity index (χ2v) is 10.9. The van der Waals surface area contributed by atoms with Gasteiger partial charge in [0, 0.05) is 5.57 Å². The number of allylic oxidation sites excluding steroid dienone is 2. The van der Waals surface area contributed by atoms with Crippen molar-refractivity contribution in [2.75, 3.05) is 13.7 Å². The molecular weight excluding hydrogens is 376 g/mol. The Morgan fingerprint density at radius 2 is 1.93 bits per heavy atom. The first-order valence-electron chi connectivity index (χ1n) is 11.8. The molecule has 0 heterocycles. The van der Waals surface area contributed by atoms with E-state index in [4.69, 9.17) is 9.47 Å². The van der Waals surface area contributed by atoms with Gasteiger partial charge < -0.3 is 9.47 Å². The lowest BCUT2D eigenvalue weighted by Crippen LogP contribution is -2.60. The number of rotatable bonds is 4.